The summed E-state index contributed by atoms with van der Waals surface area (Å²) in [7, 11) is 0. The van der Waals surface area contributed by atoms with E-state index in [1.54, 1.807) is 6.20 Å². The van der Waals surface area contributed by atoms with Crippen LogP contribution in [0.25, 0.3) is 0 Å². The van der Waals surface area contributed by atoms with Gasteiger partial charge in [-0.05, 0) is 23.6 Å². The molecule has 1 unspecified atom stereocenters. The van der Waals surface area contributed by atoms with Crippen molar-refractivity contribution in [1.29, 1.82) is 0 Å². The van der Waals surface area contributed by atoms with Gasteiger partial charge in [-0.15, -0.1) is 11.6 Å². The van der Waals surface area contributed by atoms with Gasteiger partial charge in [0, 0.05) is 6.20 Å². The number of aromatic amines is 1. The monoisotopic (exact) mass is 220 g/mol. The van der Waals surface area contributed by atoms with Crippen LogP contribution >= 0.6 is 11.6 Å². The zero-order valence-electron chi connectivity index (χ0n) is 8.57. The van der Waals surface area contributed by atoms with Crippen molar-refractivity contribution in [2.24, 2.45) is 0 Å². The van der Waals surface area contributed by atoms with Gasteiger partial charge in [-0.1, -0.05) is 31.2 Å². The number of rotatable bonds is 3. The first-order valence-corrected chi connectivity index (χ1v) is 5.47. The van der Waals surface area contributed by atoms with Gasteiger partial charge in [0.25, 0.3) is 0 Å². The molecule has 1 N–H and O–H groups in total. The third-order valence-electron chi connectivity index (χ3n) is 2.48. The Bertz CT molecular complexity index is 406. The van der Waals surface area contributed by atoms with Crippen LogP contribution in [0.1, 0.15) is 29.1 Å². The zero-order chi connectivity index (χ0) is 10.7. The van der Waals surface area contributed by atoms with Crippen molar-refractivity contribution in [1.82, 2.24) is 10.2 Å². The average molecular weight is 221 g/mol. The molecule has 78 valence electrons. The van der Waals surface area contributed by atoms with Crippen LogP contribution in [0.4, 0.5) is 0 Å². The van der Waals surface area contributed by atoms with E-state index in [1.165, 1.54) is 5.56 Å². The van der Waals surface area contributed by atoms with Crippen molar-refractivity contribution in [2.45, 2.75) is 18.7 Å². The van der Waals surface area contributed by atoms with E-state index in [9.17, 15) is 0 Å². The average Bonchev–Trinajstić information content (AvgIpc) is 2.82. The second kappa shape index (κ2) is 4.49. The van der Waals surface area contributed by atoms with E-state index in [4.69, 9.17) is 11.6 Å². The predicted octanol–water partition coefficient (Wildman–Crippen LogP) is 3.30. The van der Waals surface area contributed by atoms with Crippen molar-refractivity contribution in [3.8, 4) is 0 Å². The van der Waals surface area contributed by atoms with Crippen LogP contribution in [0.2, 0.25) is 0 Å². The molecular formula is C12H13ClN2. The predicted molar refractivity (Wildman–Crippen MR) is 62.1 cm³/mol. The van der Waals surface area contributed by atoms with Gasteiger partial charge in [0.15, 0.2) is 0 Å². The van der Waals surface area contributed by atoms with Gasteiger partial charge in [0.05, 0.1) is 5.69 Å². The maximum atomic E-state index is 6.30. The maximum Gasteiger partial charge on any atom is 0.100 e. The van der Waals surface area contributed by atoms with Crippen LogP contribution in [0.15, 0.2) is 36.5 Å². The summed E-state index contributed by atoms with van der Waals surface area (Å²) in [5, 5.41) is 6.63. The molecule has 0 radical (unpaired) electrons. The highest BCUT2D eigenvalue weighted by Gasteiger charge is 2.11. The summed E-state index contributed by atoms with van der Waals surface area (Å²) in [4.78, 5) is 0. The molecule has 0 saturated heterocycles. The molecule has 1 atom stereocenters. The van der Waals surface area contributed by atoms with Crippen molar-refractivity contribution in [3.63, 3.8) is 0 Å². The van der Waals surface area contributed by atoms with Gasteiger partial charge < -0.3 is 0 Å². The first-order valence-electron chi connectivity index (χ1n) is 5.03. The highest BCUT2D eigenvalue weighted by molar-refractivity contribution is 6.22. The number of H-pyrrole nitrogens is 1. The van der Waals surface area contributed by atoms with Crippen LogP contribution in [0, 0.1) is 0 Å². The van der Waals surface area contributed by atoms with E-state index >= 15 is 0 Å². The Morgan fingerprint density at radius 2 is 2.00 bits per heavy atom. The molecule has 0 aliphatic rings. The van der Waals surface area contributed by atoms with Crippen molar-refractivity contribution < 1.29 is 0 Å². The fourth-order valence-corrected chi connectivity index (χ4v) is 1.78. The van der Waals surface area contributed by atoms with E-state index in [-0.39, 0.29) is 5.38 Å². The summed E-state index contributed by atoms with van der Waals surface area (Å²) < 4.78 is 0. The summed E-state index contributed by atoms with van der Waals surface area (Å²) in [6.45, 7) is 2.14. The number of aryl methyl sites for hydroxylation is 1. The quantitative estimate of drug-likeness (QED) is 0.790. The third kappa shape index (κ3) is 2.21. The molecule has 0 fully saturated rings. The van der Waals surface area contributed by atoms with Crippen LogP contribution in [0.3, 0.4) is 0 Å². The molecule has 0 aliphatic heterocycles. The topological polar surface area (TPSA) is 28.7 Å². The van der Waals surface area contributed by atoms with Crippen LogP contribution in [0.5, 0.6) is 0 Å². The number of nitrogens with zero attached hydrogens (tertiary/aromatic N) is 1. The molecule has 15 heavy (non-hydrogen) atoms. The Morgan fingerprint density at radius 3 is 2.53 bits per heavy atom. The second-order valence-corrected chi connectivity index (χ2v) is 3.91. The molecule has 0 spiro atoms. The molecule has 0 saturated carbocycles. The lowest BCUT2D eigenvalue weighted by molar-refractivity contribution is 0.974. The van der Waals surface area contributed by atoms with E-state index in [0.29, 0.717) is 0 Å². The lowest BCUT2D eigenvalue weighted by Gasteiger charge is -2.07. The molecule has 2 aromatic rings. The van der Waals surface area contributed by atoms with Gasteiger partial charge >= 0.3 is 0 Å². The summed E-state index contributed by atoms with van der Waals surface area (Å²) in [6.07, 6.45) is 2.77. The Balaban J connectivity index is 2.22. The Hall–Kier alpha value is -1.28. The minimum absolute atomic E-state index is 0.140. The summed E-state index contributed by atoms with van der Waals surface area (Å²) in [6, 6.07) is 10.3. The fraction of sp³-hybridized carbons (Fsp3) is 0.250. The number of hydrogen-bond donors (Lipinski definition) is 1. The molecule has 1 aromatic heterocycles. The van der Waals surface area contributed by atoms with Gasteiger partial charge in [0.2, 0.25) is 0 Å². The first-order chi connectivity index (χ1) is 7.31. The Kier molecular flexibility index (Phi) is 3.07. The highest BCUT2D eigenvalue weighted by atomic mass is 35.5. The van der Waals surface area contributed by atoms with Crippen LogP contribution in [-0.2, 0) is 6.42 Å². The fourth-order valence-electron chi connectivity index (χ4n) is 1.51. The van der Waals surface area contributed by atoms with E-state index in [2.05, 4.69) is 41.4 Å². The Labute approximate surface area is 94.3 Å². The van der Waals surface area contributed by atoms with Gasteiger partial charge in [-0.2, -0.15) is 5.10 Å². The van der Waals surface area contributed by atoms with E-state index in [1.807, 2.05) is 6.07 Å². The molecule has 0 bridgehead atoms. The summed E-state index contributed by atoms with van der Waals surface area (Å²) in [5.74, 6) is 0. The van der Waals surface area contributed by atoms with Crippen LogP contribution < -0.4 is 0 Å². The van der Waals surface area contributed by atoms with E-state index < -0.39 is 0 Å². The molecule has 0 aliphatic carbocycles. The first kappa shape index (κ1) is 10.2. The van der Waals surface area contributed by atoms with Crippen molar-refractivity contribution in [3.05, 3.63) is 53.3 Å². The van der Waals surface area contributed by atoms with Crippen LogP contribution in [-0.4, -0.2) is 10.2 Å². The lowest BCUT2D eigenvalue weighted by atomic mass is 10.1. The number of alkyl halides is 1. The molecule has 3 heteroatoms. The van der Waals surface area contributed by atoms with Gasteiger partial charge in [-0.3, -0.25) is 5.10 Å². The second-order valence-electron chi connectivity index (χ2n) is 3.47. The normalized spacial score (nSPS) is 12.7. The number of nitrogens with one attached hydrogen (secondary N) is 1. The van der Waals surface area contributed by atoms with Gasteiger partial charge in [0.1, 0.15) is 5.38 Å². The standard InChI is InChI=1S/C12H13ClN2/c1-2-9-3-5-10(6-4-9)12(13)11-7-8-14-15-11/h3-8,12H,2H2,1H3,(H,14,15). The number of aromatic nitrogens is 2. The summed E-state index contributed by atoms with van der Waals surface area (Å²) >= 11 is 6.30. The molecule has 2 rings (SSSR count). The highest BCUT2D eigenvalue weighted by Crippen LogP contribution is 2.26. The minimum Gasteiger partial charge on any atom is -0.281 e. The minimum atomic E-state index is -0.140. The smallest absolute Gasteiger partial charge is 0.100 e. The third-order valence-corrected chi connectivity index (χ3v) is 2.96. The maximum absolute atomic E-state index is 6.30. The number of benzene rings is 1. The lowest BCUT2D eigenvalue weighted by Crippen LogP contribution is -1.94. The number of hydrogen-bond acceptors (Lipinski definition) is 1. The zero-order valence-corrected chi connectivity index (χ0v) is 9.33. The molecule has 0 amide bonds. The Morgan fingerprint density at radius 1 is 1.27 bits per heavy atom. The van der Waals surface area contributed by atoms with Crippen molar-refractivity contribution >= 4 is 11.6 Å². The number of halogens is 1. The molecule has 2 nitrogen and oxygen atoms in total. The summed E-state index contributed by atoms with van der Waals surface area (Å²) in [5.41, 5.74) is 3.35. The van der Waals surface area contributed by atoms with Crippen molar-refractivity contribution in [2.75, 3.05) is 0 Å². The molecule has 1 aromatic carbocycles. The largest absolute Gasteiger partial charge is 0.281 e. The van der Waals surface area contributed by atoms with Gasteiger partial charge in [-0.25, -0.2) is 0 Å². The molecule has 1 heterocycles. The molecular weight excluding hydrogens is 208 g/mol. The SMILES string of the molecule is CCc1ccc(C(Cl)c2ccn[nH]2)cc1. The van der Waals surface area contributed by atoms with E-state index in [0.717, 1.165) is 17.7 Å².